The Morgan fingerprint density at radius 2 is 1.79 bits per heavy atom. The van der Waals surface area contributed by atoms with Crippen LogP contribution >= 0.6 is 0 Å². The zero-order chi connectivity index (χ0) is 30.0. The standard InChI is InChI=1S/C30H25F3N8O2/c31-30(32,33)22-5-1-4-21(15-22)28(42)38-23-6-2-3-20(16-23)25-8-10-36-27-18-24(39-41(25)27)19-7-9-34-26(17-19)35-11-13-40-14-12-37-29(40)43/h1-10,15-18H,11-14H2,(H,34,35)(H,37,43)(H,38,42). The van der Waals surface area contributed by atoms with Crippen LogP contribution in [0.25, 0.3) is 28.2 Å². The number of halogens is 3. The van der Waals surface area contributed by atoms with Crippen molar-refractivity contribution in [3.8, 4) is 22.5 Å². The van der Waals surface area contributed by atoms with Gasteiger partial charge in [0, 0.05) is 67.0 Å². The van der Waals surface area contributed by atoms with Gasteiger partial charge < -0.3 is 20.9 Å². The quantitative estimate of drug-likeness (QED) is 0.231. The van der Waals surface area contributed by atoms with E-state index in [1.807, 2.05) is 24.3 Å². The van der Waals surface area contributed by atoms with E-state index in [-0.39, 0.29) is 11.6 Å². The van der Waals surface area contributed by atoms with Gasteiger partial charge in [0.2, 0.25) is 0 Å². The highest BCUT2D eigenvalue weighted by molar-refractivity contribution is 6.04. The number of anilines is 2. The Morgan fingerprint density at radius 1 is 0.953 bits per heavy atom. The number of urea groups is 1. The summed E-state index contributed by atoms with van der Waals surface area (Å²) in [6.45, 7) is 2.42. The van der Waals surface area contributed by atoms with E-state index in [0.717, 1.165) is 17.7 Å². The fourth-order valence-corrected chi connectivity index (χ4v) is 4.78. The molecule has 1 saturated heterocycles. The minimum Gasteiger partial charge on any atom is -0.368 e. The Kier molecular flexibility index (Phi) is 7.36. The maximum Gasteiger partial charge on any atom is 0.416 e. The molecule has 218 valence electrons. The van der Waals surface area contributed by atoms with Crippen LogP contribution in [0.5, 0.6) is 0 Å². The van der Waals surface area contributed by atoms with Gasteiger partial charge in [-0.05, 0) is 48.5 Å². The molecule has 0 radical (unpaired) electrons. The predicted octanol–water partition coefficient (Wildman–Crippen LogP) is 5.17. The van der Waals surface area contributed by atoms with Crippen molar-refractivity contribution in [1.29, 1.82) is 0 Å². The van der Waals surface area contributed by atoms with Crippen molar-refractivity contribution >= 4 is 29.1 Å². The van der Waals surface area contributed by atoms with Crippen LogP contribution in [0.15, 0.2) is 85.2 Å². The normalized spacial score (nSPS) is 13.3. The molecule has 0 spiro atoms. The van der Waals surface area contributed by atoms with Gasteiger partial charge in [0.25, 0.3) is 5.91 Å². The topological polar surface area (TPSA) is 117 Å². The molecule has 2 aromatic carbocycles. The molecule has 3 amide bonds. The van der Waals surface area contributed by atoms with Crippen molar-refractivity contribution in [2.24, 2.45) is 0 Å². The lowest BCUT2D eigenvalue weighted by molar-refractivity contribution is -0.137. The largest absolute Gasteiger partial charge is 0.416 e. The van der Waals surface area contributed by atoms with Crippen LogP contribution in [0.4, 0.5) is 29.5 Å². The van der Waals surface area contributed by atoms with Crippen LogP contribution in [-0.4, -0.2) is 62.6 Å². The second-order valence-corrected chi connectivity index (χ2v) is 9.82. The first-order valence-electron chi connectivity index (χ1n) is 13.4. The van der Waals surface area contributed by atoms with E-state index >= 15 is 0 Å². The lowest BCUT2D eigenvalue weighted by Crippen LogP contribution is -2.32. The number of benzene rings is 2. The lowest BCUT2D eigenvalue weighted by Gasteiger charge is -2.14. The van der Waals surface area contributed by atoms with Crippen LogP contribution in [-0.2, 0) is 6.18 Å². The third-order valence-electron chi connectivity index (χ3n) is 6.91. The van der Waals surface area contributed by atoms with Crippen LogP contribution in [0, 0.1) is 0 Å². The van der Waals surface area contributed by atoms with Gasteiger partial charge in [0.15, 0.2) is 5.65 Å². The molecule has 4 heterocycles. The number of rotatable bonds is 8. The van der Waals surface area contributed by atoms with Gasteiger partial charge >= 0.3 is 12.2 Å². The summed E-state index contributed by atoms with van der Waals surface area (Å²) in [7, 11) is 0. The van der Waals surface area contributed by atoms with Crippen LogP contribution < -0.4 is 16.0 Å². The predicted molar refractivity (Wildman–Crippen MR) is 155 cm³/mol. The van der Waals surface area contributed by atoms with Crippen molar-refractivity contribution in [1.82, 2.24) is 29.8 Å². The summed E-state index contributed by atoms with van der Waals surface area (Å²) in [4.78, 5) is 35.0. The number of carbonyl (C=O) groups is 2. The van der Waals surface area contributed by atoms with Gasteiger partial charge in [0.05, 0.1) is 17.0 Å². The molecule has 1 aliphatic heterocycles. The summed E-state index contributed by atoms with van der Waals surface area (Å²) in [5.41, 5.74) is 2.90. The number of pyridine rings is 1. The Hall–Kier alpha value is -5.46. The smallest absolute Gasteiger partial charge is 0.368 e. The number of alkyl halides is 3. The summed E-state index contributed by atoms with van der Waals surface area (Å²) in [6.07, 6.45) is -1.22. The molecule has 0 saturated carbocycles. The van der Waals surface area contributed by atoms with Gasteiger partial charge in [-0.2, -0.15) is 18.3 Å². The first-order chi connectivity index (χ1) is 20.7. The third kappa shape index (κ3) is 6.10. The average molecular weight is 587 g/mol. The van der Waals surface area contributed by atoms with Crippen molar-refractivity contribution in [3.63, 3.8) is 0 Å². The summed E-state index contributed by atoms with van der Waals surface area (Å²) in [5, 5.41) is 13.5. The summed E-state index contributed by atoms with van der Waals surface area (Å²) in [6, 6.07) is 18.5. The lowest BCUT2D eigenvalue weighted by atomic mass is 10.1. The summed E-state index contributed by atoms with van der Waals surface area (Å²) >= 11 is 0. The van der Waals surface area contributed by atoms with Crippen molar-refractivity contribution in [2.75, 3.05) is 36.8 Å². The number of fused-ring (bicyclic) bond motifs is 1. The molecule has 43 heavy (non-hydrogen) atoms. The van der Waals surface area contributed by atoms with Gasteiger partial charge in [-0.15, -0.1) is 0 Å². The zero-order valence-electron chi connectivity index (χ0n) is 22.6. The number of carbonyl (C=O) groups excluding carboxylic acids is 2. The maximum atomic E-state index is 13.1. The first kappa shape index (κ1) is 27.7. The molecule has 10 nitrogen and oxygen atoms in total. The molecule has 0 bridgehead atoms. The van der Waals surface area contributed by atoms with Gasteiger partial charge in [-0.1, -0.05) is 18.2 Å². The van der Waals surface area contributed by atoms with Crippen LogP contribution in [0.3, 0.4) is 0 Å². The van der Waals surface area contributed by atoms with Gasteiger partial charge in [-0.25, -0.2) is 19.3 Å². The van der Waals surface area contributed by atoms with E-state index in [1.54, 1.807) is 46.1 Å². The zero-order valence-corrected chi connectivity index (χ0v) is 22.6. The molecule has 13 heteroatoms. The number of aromatic nitrogens is 4. The van der Waals surface area contributed by atoms with E-state index < -0.39 is 17.6 Å². The minimum absolute atomic E-state index is 0.0693. The average Bonchev–Trinajstić information content (AvgIpc) is 3.63. The van der Waals surface area contributed by atoms with Gasteiger partial charge in [0.1, 0.15) is 5.82 Å². The molecule has 5 aromatic rings. The highest BCUT2D eigenvalue weighted by Gasteiger charge is 2.31. The first-order valence-corrected chi connectivity index (χ1v) is 13.4. The number of nitrogens with zero attached hydrogens (tertiary/aromatic N) is 5. The van der Waals surface area contributed by atoms with Crippen molar-refractivity contribution in [2.45, 2.75) is 6.18 Å². The molecule has 6 rings (SSSR count). The Balaban J connectivity index is 1.21. The minimum atomic E-state index is -4.55. The molecule has 0 unspecified atom stereocenters. The number of hydrogen-bond acceptors (Lipinski definition) is 6. The van der Waals surface area contributed by atoms with Crippen LogP contribution in [0.2, 0.25) is 0 Å². The number of amides is 3. The van der Waals surface area contributed by atoms with Crippen molar-refractivity contribution in [3.05, 3.63) is 96.3 Å². The molecular formula is C30H25F3N8O2. The number of hydrogen-bond donors (Lipinski definition) is 3. The Bertz CT molecular complexity index is 1820. The van der Waals surface area contributed by atoms with E-state index in [0.29, 0.717) is 60.3 Å². The molecule has 1 fully saturated rings. The Morgan fingerprint density at radius 3 is 2.60 bits per heavy atom. The SMILES string of the molecule is O=C(Nc1cccc(-c2ccnc3cc(-c4ccnc(NCCN5CCNC5=O)c4)nn23)c1)c1cccc(C(F)(F)F)c1. The van der Waals surface area contributed by atoms with Crippen molar-refractivity contribution < 1.29 is 22.8 Å². The summed E-state index contributed by atoms with van der Waals surface area (Å²) < 4.78 is 41.0. The molecule has 0 aliphatic carbocycles. The monoisotopic (exact) mass is 586 g/mol. The van der Waals surface area contributed by atoms with Crippen LogP contribution in [0.1, 0.15) is 15.9 Å². The highest BCUT2D eigenvalue weighted by atomic mass is 19.4. The second-order valence-electron chi connectivity index (χ2n) is 9.82. The molecule has 0 atom stereocenters. The fraction of sp³-hybridized carbons (Fsp3) is 0.167. The van der Waals surface area contributed by atoms with Gasteiger partial charge in [-0.3, -0.25) is 4.79 Å². The second kappa shape index (κ2) is 11.4. The van der Waals surface area contributed by atoms with E-state index in [2.05, 4.69) is 25.9 Å². The number of nitrogens with one attached hydrogen (secondary N) is 3. The maximum absolute atomic E-state index is 13.1. The molecular weight excluding hydrogens is 561 g/mol. The van der Waals surface area contributed by atoms with E-state index in [1.165, 1.54) is 12.1 Å². The van der Waals surface area contributed by atoms with E-state index in [9.17, 15) is 22.8 Å². The molecule has 1 aliphatic rings. The fourth-order valence-electron chi connectivity index (χ4n) is 4.78. The summed E-state index contributed by atoms with van der Waals surface area (Å²) in [5.74, 6) is -0.0122. The van der Waals surface area contributed by atoms with E-state index in [4.69, 9.17) is 5.10 Å². The third-order valence-corrected chi connectivity index (χ3v) is 6.91. The highest BCUT2D eigenvalue weighted by Crippen LogP contribution is 2.30. The Labute approximate surface area is 243 Å². The molecule has 3 N–H and O–H groups in total. The molecule has 3 aromatic heterocycles.